The van der Waals surface area contributed by atoms with Gasteiger partial charge in [0.1, 0.15) is 0 Å². The molecule has 5 rings (SSSR count). The van der Waals surface area contributed by atoms with E-state index in [-0.39, 0.29) is 0 Å². The molecule has 0 aliphatic rings. The first-order valence-electron chi connectivity index (χ1n) is 9.95. The summed E-state index contributed by atoms with van der Waals surface area (Å²) >= 11 is 0. The number of para-hydroxylation sites is 1. The summed E-state index contributed by atoms with van der Waals surface area (Å²) in [6.45, 7) is 3.03. The molecule has 2 heterocycles. The molecule has 0 fully saturated rings. The Hall–Kier alpha value is -3.65. The Morgan fingerprint density at radius 2 is 1.41 bits per heavy atom. The number of nitrogens with zero attached hydrogens (tertiary/aromatic N) is 2. The van der Waals surface area contributed by atoms with Gasteiger partial charge in [-0.1, -0.05) is 84.9 Å². The summed E-state index contributed by atoms with van der Waals surface area (Å²) in [5.74, 6) is 0. The van der Waals surface area contributed by atoms with E-state index in [0.717, 1.165) is 17.8 Å². The van der Waals surface area contributed by atoms with Gasteiger partial charge in [-0.25, -0.2) is 4.98 Å². The van der Waals surface area contributed by atoms with Crippen LogP contribution >= 0.6 is 0 Å². The monoisotopic (exact) mass is 374 g/mol. The van der Waals surface area contributed by atoms with Crippen molar-refractivity contribution in [1.82, 2.24) is 9.55 Å². The number of aromatic nitrogens is 2. The zero-order chi connectivity index (χ0) is 19.6. The highest BCUT2D eigenvalue weighted by molar-refractivity contribution is 5.83. The molecular weight excluding hydrogens is 352 g/mol. The Morgan fingerprint density at radius 1 is 0.724 bits per heavy atom. The van der Waals surface area contributed by atoms with Crippen LogP contribution in [0.3, 0.4) is 0 Å². The summed E-state index contributed by atoms with van der Waals surface area (Å²) in [7, 11) is 0. The molecule has 0 N–H and O–H groups in total. The van der Waals surface area contributed by atoms with Crippen molar-refractivity contribution in [3.05, 3.63) is 114 Å². The van der Waals surface area contributed by atoms with Gasteiger partial charge in [0.2, 0.25) is 0 Å². The minimum Gasteiger partial charge on any atom is -0.340 e. The lowest BCUT2D eigenvalue weighted by Crippen LogP contribution is -2.04. The summed E-state index contributed by atoms with van der Waals surface area (Å²) in [6, 6.07) is 36.1. The molecule has 2 aromatic heterocycles. The Balaban J connectivity index is 1.68. The van der Waals surface area contributed by atoms with Crippen LogP contribution in [-0.4, -0.2) is 9.55 Å². The van der Waals surface area contributed by atoms with Gasteiger partial charge in [0.05, 0.1) is 11.2 Å². The molecule has 0 spiro atoms. The number of fused-ring (bicyclic) bond motifs is 1. The van der Waals surface area contributed by atoms with Gasteiger partial charge in [0.25, 0.3) is 0 Å². The summed E-state index contributed by atoms with van der Waals surface area (Å²) in [6.07, 6.45) is 0. The molecule has 0 aliphatic carbocycles. The van der Waals surface area contributed by atoms with Crippen LogP contribution in [0.2, 0.25) is 0 Å². The van der Waals surface area contributed by atoms with E-state index in [4.69, 9.17) is 4.98 Å². The molecule has 0 radical (unpaired) electrons. The van der Waals surface area contributed by atoms with Crippen LogP contribution in [0.1, 0.15) is 11.3 Å². The van der Waals surface area contributed by atoms with E-state index < -0.39 is 0 Å². The van der Waals surface area contributed by atoms with Gasteiger partial charge in [-0.05, 0) is 36.2 Å². The fourth-order valence-electron chi connectivity index (χ4n) is 3.94. The first kappa shape index (κ1) is 17.4. The molecule has 2 heteroatoms. The van der Waals surface area contributed by atoms with Crippen molar-refractivity contribution < 1.29 is 0 Å². The fourth-order valence-corrected chi connectivity index (χ4v) is 3.94. The van der Waals surface area contributed by atoms with Gasteiger partial charge >= 0.3 is 0 Å². The van der Waals surface area contributed by atoms with Crippen molar-refractivity contribution in [2.45, 2.75) is 13.5 Å². The van der Waals surface area contributed by atoms with E-state index in [1.54, 1.807) is 0 Å². The van der Waals surface area contributed by atoms with Crippen LogP contribution in [0.15, 0.2) is 103 Å². The van der Waals surface area contributed by atoms with E-state index in [9.17, 15) is 0 Å². The normalized spacial score (nSPS) is 11.1. The maximum Gasteiger partial charge on any atom is 0.0727 e. The first-order chi connectivity index (χ1) is 14.3. The molecule has 29 heavy (non-hydrogen) atoms. The quantitative estimate of drug-likeness (QED) is 0.341. The zero-order valence-electron chi connectivity index (χ0n) is 16.4. The topological polar surface area (TPSA) is 17.8 Å². The van der Waals surface area contributed by atoms with E-state index >= 15 is 0 Å². The van der Waals surface area contributed by atoms with E-state index in [1.165, 1.54) is 33.5 Å². The Labute approximate surface area is 171 Å². The lowest BCUT2D eigenvalue weighted by molar-refractivity contribution is 0.785. The van der Waals surface area contributed by atoms with Crippen molar-refractivity contribution in [2.75, 3.05) is 0 Å². The summed E-state index contributed by atoms with van der Waals surface area (Å²) in [5.41, 5.74) is 8.20. The van der Waals surface area contributed by atoms with Gasteiger partial charge in [-0.15, -0.1) is 0 Å². The van der Waals surface area contributed by atoms with E-state index in [0.29, 0.717) is 0 Å². The number of rotatable bonds is 4. The van der Waals surface area contributed by atoms with Gasteiger partial charge in [0.15, 0.2) is 0 Å². The third kappa shape index (κ3) is 3.34. The van der Waals surface area contributed by atoms with Crippen LogP contribution in [0, 0.1) is 6.92 Å². The Morgan fingerprint density at radius 3 is 2.21 bits per heavy atom. The van der Waals surface area contributed by atoms with Crippen molar-refractivity contribution in [1.29, 1.82) is 0 Å². The van der Waals surface area contributed by atoms with Gasteiger partial charge in [0, 0.05) is 28.9 Å². The van der Waals surface area contributed by atoms with Gasteiger partial charge in [-0.3, -0.25) is 0 Å². The molecule has 5 aromatic rings. The number of hydrogen-bond acceptors (Lipinski definition) is 1. The summed E-state index contributed by atoms with van der Waals surface area (Å²) < 4.78 is 2.40. The van der Waals surface area contributed by atoms with Gasteiger partial charge in [-0.2, -0.15) is 0 Å². The average Bonchev–Trinajstić information content (AvgIpc) is 3.11. The van der Waals surface area contributed by atoms with Crippen molar-refractivity contribution >= 4 is 10.9 Å². The standard InChI is InChI=1S/C27H22N2/c1-20-24(26-17-16-22-12-8-9-15-25(22)28-26)18-27(23-13-6-3-7-14-23)29(20)19-21-10-4-2-5-11-21/h2-18H,19H2,1H3. The maximum absolute atomic E-state index is 4.95. The van der Waals surface area contributed by atoms with Crippen LogP contribution in [0.5, 0.6) is 0 Å². The van der Waals surface area contributed by atoms with Crippen molar-refractivity contribution in [2.24, 2.45) is 0 Å². The number of pyridine rings is 1. The molecule has 0 atom stereocenters. The lowest BCUT2D eigenvalue weighted by atomic mass is 10.1. The molecule has 0 unspecified atom stereocenters. The number of benzene rings is 3. The largest absolute Gasteiger partial charge is 0.340 e. The molecule has 0 bridgehead atoms. The smallest absolute Gasteiger partial charge is 0.0727 e. The van der Waals surface area contributed by atoms with E-state index in [1.807, 2.05) is 6.07 Å². The summed E-state index contributed by atoms with van der Waals surface area (Å²) in [4.78, 5) is 4.95. The lowest BCUT2D eigenvalue weighted by Gasteiger charge is -2.12. The second-order valence-electron chi connectivity index (χ2n) is 7.36. The molecule has 0 saturated heterocycles. The highest BCUT2D eigenvalue weighted by atomic mass is 15.0. The minimum atomic E-state index is 0.838. The van der Waals surface area contributed by atoms with Crippen molar-refractivity contribution in [3.63, 3.8) is 0 Å². The fraction of sp³-hybridized carbons (Fsp3) is 0.0741. The molecule has 0 saturated carbocycles. The van der Waals surface area contributed by atoms with Gasteiger partial charge < -0.3 is 4.57 Å². The Bertz CT molecular complexity index is 1270. The highest BCUT2D eigenvalue weighted by Crippen LogP contribution is 2.33. The predicted octanol–water partition coefficient (Wildman–Crippen LogP) is 6.73. The second-order valence-corrected chi connectivity index (χ2v) is 7.36. The van der Waals surface area contributed by atoms with Crippen molar-refractivity contribution in [3.8, 4) is 22.5 Å². The van der Waals surface area contributed by atoms with Crippen LogP contribution in [0.25, 0.3) is 33.4 Å². The maximum atomic E-state index is 4.95. The summed E-state index contributed by atoms with van der Waals surface area (Å²) in [5, 5.41) is 1.17. The average molecular weight is 374 g/mol. The number of hydrogen-bond donors (Lipinski definition) is 0. The SMILES string of the molecule is Cc1c(-c2ccc3ccccc3n2)cc(-c2ccccc2)n1Cc1ccccc1. The second kappa shape index (κ2) is 7.40. The molecule has 140 valence electrons. The zero-order valence-corrected chi connectivity index (χ0v) is 16.4. The van der Waals surface area contributed by atoms with Crippen LogP contribution in [0.4, 0.5) is 0 Å². The molecule has 0 amide bonds. The third-order valence-corrected chi connectivity index (χ3v) is 5.49. The molecule has 0 aliphatic heterocycles. The third-order valence-electron chi connectivity index (χ3n) is 5.49. The first-order valence-corrected chi connectivity index (χ1v) is 9.95. The highest BCUT2D eigenvalue weighted by Gasteiger charge is 2.16. The van der Waals surface area contributed by atoms with Crippen LogP contribution in [-0.2, 0) is 6.54 Å². The molecular formula is C27H22N2. The molecule has 3 aromatic carbocycles. The predicted molar refractivity (Wildman–Crippen MR) is 121 cm³/mol. The van der Waals surface area contributed by atoms with E-state index in [2.05, 4.69) is 109 Å². The molecule has 2 nitrogen and oxygen atoms in total. The minimum absolute atomic E-state index is 0.838. The van der Waals surface area contributed by atoms with Crippen LogP contribution < -0.4 is 0 Å². The Kier molecular flexibility index (Phi) is 4.45.